The number of hydrogen-bond donors (Lipinski definition) is 1. The topological polar surface area (TPSA) is 101 Å². The summed E-state index contributed by atoms with van der Waals surface area (Å²) in [5.41, 5.74) is 1.09. The van der Waals surface area contributed by atoms with Gasteiger partial charge in [0.1, 0.15) is 11.3 Å². The number of aromatic hydroxyl groups is 1. The third-order valence-electron chi connectivity index (χ3n) is 6.71. The number of rotatable bonds is 9. The van der Waals surface area contributed by atoms with E-state index in [-0.39, 0.29) is 29.6 Å². The maximum Gasteiger partial charge on any atom is 0.415 e. The zero-order valence-electron chi connectivity index (χ0n) is 21.1. The number of benzene rings is 1. The Morgan fingerprint density at radius 2 is 1.83 bits per heavy atom. The molecule has 2 heterocycles. The molecule has 1 aliphatic heterocycles. The van der Waals surface area contributed by atoms with Gasteiger partial charge in [0, 0.05) is 52.6 Å². The van der Waals surface area contributed by atoms with Gasteiger partial charge in [-0.2, -0.15) is 0 Å². The van der Waals surface area contributed by atoms with Gasteiger partial charge in [0.05, 0.1) is 0 Å². The predicted octanol–water partition coefficient (Wildman–Crippen LogP) is 3.46. The summed E-state index contributed by atoms with van der Waals surface area (Å²) in [5, 5.41) is 10.3. The second-order valence-corrected chi connectivity index (χ2v) is 9.66. The number of hydrogen-bond acceptors (Lipinski definition) is 6. The number of amides is 2. The zero-order valence-corrected chi connectivity index (χ0v) is 21.1. The number of piperidine rings is 1. The molecule has 2 aromatic rings. The van der Waals surface area contributed by atoms with Crippen LogP contribution in [0.4, 0.5) is 4.79 Å². The number of methoxy groups -OCH3 is 1. The normalized spacial score (nSPS) is 15.6. The van der Waals surface area contributed by atoms with E-state index in [1.54, 1.807) is 36.1 Å². The van der Waals surface area contributed by atoms with E-state index in [0.29, 0.717) is 19.7 Å². The van der Waals surface area contributed by atoms with Crippen LogP contribution in [0.5, 0.6) is 11.5 Å². The Labute approximate surface area is 211 Å². The van der Waals surface area contributed by atoms with Crippen molar-refractivity contribution in [1.82, 2.24) is 14.4 Å². The largest absolute Gasteiger partial charge is 0.508 e. The van der Waals surface area contributed by atoms with E-state index in [4.69, 9.17) is 9.47 Å². The molecule has 0 unspecified atom stereocenters. The van der Waals surface area contributed by atoms with Crippen molar-refractivity contribution in [2.24, 2.45) is 7.05 Å². The maximum absolute atomic E-state index is 13.8. The molecular formula is C27H35N3O6. The Hall–Kier alpha value is -3.33. The lowest BCUT2D eigenvalue weighted by molar-refractivity contribution is 0.0723. The molecular weight excluding hydrogens is 462 g/mol. The molecule has 9 nitrogen and oxygen atoms in total. The minimum absolute atomic E-state index is 0.00708. The van der Waals surface area contributed by atoms with E-state index in [1.807, 2.05) is 6.07 Å². The molecule has 1 aliphatic carbocycles. The first-order valence-corrected chi connectivity index (χ1v) is 12.7. The van der Waals surface area contributed by atoms with Crippen LogP contribution in [0.25, 0.3) is 0 Å². The number of likely N-dealkylation sites (tertiary alicyclic amines) is 1. The van der Waals surface area contributed by atoms with E-state index < -0.39 is 17.6 Å². The van der Waals surface area contributed by atoms with Crippen LogP contribution in [0.15, 0.2) is 35.3 Å². The number of aryl methyl sites for hydroxylation is 2. The van der Waals surface area contributed by atoms with Gasteiger partial charge in [-0.05, 0) is 74.3 Å². The molecule has 4 rings (SSSR count). The van der Waals surface area contributed by atoms with Gasteiger partial charge in [-0.15, -0.1) is 0 Å². The molecule has 0 bridgehead atoms. The van der Waals surface area contributed by atoms with Crippen LogP contribution in [0, 0.1) is 0 Å². The first kappa shape index (κ1) is 25.8. The molecule has 1 aromatic carbocycles. The highest BCUT2D eigenvalue weighted by atomic mass is 16.6. The highest BCUT2D eigenvalue weighted by Crippen LogP contribution is 2.32. The van der Waals surface area contributed by atoms with E-state index in [9.17, 15) is 19.5 Å². The number of ether oxygens (including phenoxy) is 2. The molecule has 194 valence electrons. The van der Waals surface area contributed by atoms with E-state index in [2.05, 4.69) is 0 Å². The molecule has 0 spiro atoms. The molecule has 9 heteroatoms. The first-order valence-electron chi connectivity index (χ1n) is 12.7. The van der Waals surface area contributed by atoms with Crippen molar-refractivity contribution < 1.29 is 24.2 Å². The lowest BCUT2D eigenvalue weighted by Crippen LogP contribution is -2.40. The predicted molar refractivity (Wildman–Crippen MR) is 134 cm³/mol. The van der Waals surface area contributed by atoms with Gasteiger partial charge >= 0.3 is 6.09 Å². The fourth-order valence-corrected chi connectivity index (χ4v) is 4.62. The molecule has 2 aliphatic rings. The number of phenolic OH excluding ortho intramolecular Hbond substituents is 1. The third-order valence-corrected chi connectivity index (χ3v) is 6.71. The summed E-state index contributed by atoms with van der Waals surface area (Å²) < 4.78 is 12.0. The van der Waals surface area contributed by atoms with Crippen LogP contribution in [0.2, 0.25) is 0 Å². The van der Waals surface area contributed by atoms with Gasteiger partial charge < -0.3 is 28.9 Å². The average Bonchev–Trinajstić information content (AvgIpc) is 3.70. The highest BCUT2D eigenvalue weighted by molar-refractivity contribution is 5.97. The van der Waals surface area contributed by atoms with Gasteiger partial charge in [-0.25, -0.2) is 4.79 Å². The molecule has 0 radical (unpaired) electrons. The Morgan fingerprint density at radius 1 is 1.11 bits per heavy atom. The molecule has 1 saturated carbocycles. The van der Waals surface area contributed by atoms with Crippen LogP contribution < -0.4 is 10.3 Å². The second-order valence-electron chi connectivity index (χ2n) is 9.66. The van der Waals surface area contributed by atoms with Crippen LogP contribution in [0.1, 0.15) is 60.0 Å². The van der Waals surface area contributed by atoms with Crippen molar-refractivity contribution in [2.45, 2.75) is 57.5 Å². The number of carbonyl (C=O) groups is 2. The summed E-state index contributed by atoms with van der Waals surface area (Å²) >= 11 is 0. The maximum atomic E-state index is 13.8. The first-order chi connectivity index (χ1) is 17.4. The van der Waals surface area contributed by atoms with E-state index in [0.717, 1.165) is 56.1 Å². The summed E-state index contributed by atoms with van der Waals surface area (Å²) in [5.74, 6) is -0.347. The number of phenols is 1. The van der Waals surface area contributed by atoms with Crippen molar-refractivity contribution in [3.8, 4) is 11.5 Å². The Balaban J connectivity index is 1.59. The van der Waals surface area contributed by atoms with Crippen LogP contribution in [0.3, 0.4) is 0 Å². The standard InChI is InChI=1S/C27H35N3O6/c1-28-13-10-23(36-27(34)29-11-4-3-5-12-29)24(25(28)32)26(33)30(21-8-9-21)18-20-15-19(7-6-14-35-2)16-22(31)17-20/h10,13,15-17,21,31H,3-9,11-12,14,18H2,1-2H3. The summed E-state index contributed by atoms with van der Waals surface area (Å²) in [6.07, 6.45) is 7.07. The van der Waals surface area contributed by atoms with Crippen LogP contribution in [-0.2, 0) is 24.8 Å². The van der Waals surface area contributed by atoms with Crippen molar-refractivity contribution in [3.05, 3.63) is 57.5 Å². The SMILES string of the molecule is COCCCc1cc(O)cc(CN(C(=O)c2c(OC(=O)N3CCCCC3)ccn(C)c2=O)C2CC2)c1. The molecule has 2 fully saturated rings. The van der Waals surface area contributed by atoms with Crippen molar-refractivity contribution >= 4 is 12.0 Å². The molecule has 36 heavy (non-hydrogen) atoms. The van der Waals surface area contributed by atoms with E-state index in [1.165, 1.54) is 16.8 Å². The lowest BCUT2D eigenvalue weighted by Gasteiger charge is -2.27. The average molecular weight is 498 g/mol. The monoisotopic (exact) mass is 497 g/mol. The Bertz CT molecular complexity index is 1150. The van der Waals surface area contributed by atoms with Gasteiger partial charge in [-0.3, -0.25) is 9.59 Å². The fourth-order valence-electron chi connectivity index (χ4n) is 4.62. The highest BCUT2D eigenvalue weighted by Gasteiger charge is 2.36. The summed E-state index contributed by atoms with van der Waals surface area (Å²) in [7, 11) is 3.22. The number of carbonyl (C=O) groups excluding carboxylic acids is 2. The summed E-state index contributed by atoms with van der Waals surface area (Å²) in [6.45, 7) is 2.07. The van der Waals surface area contributed by atoms with Crippen molar-refractivity contribution in [3.63, 3.8) is 0 Å². The Kier molecular flexibility index (Phi) is 8.30. The molecule has 0 atom stereocenters. The molecule has 1 N–H and O–H groups in total. The zero-order chi connectivity index (χ0) is 25.7. The van der Waals surface area contributed by atoms with Crippen LogP contribution >= 0.6 is 0 Å². The van der Waals surface area contributed by atoms with Crippen LogP contribution in [-0.4, -0.2) is 64.3 Å². The lowest BCUT2D eigenvalue weighted by atomic mass is 10.0. The van der Waals surface area contributed by atoms with Gasteiger partial charge in [0.25, 0.3) is 11.5 Å². The van der Waals surface area contributed by atoms with Gasteiger partial charge in [-0.1, -0.05) is 6.07 Å². The fraction of sp³-hybridized carbons (Fsp3) is 0.519. The number of aromatic nitrogens is 1. The number of nitrogens with zero attached hydrogens (tertiary/aromatic N) is 3. The van der Waals surface area contributed by atoms with Gasteiger partial charge in [0.15, 0.2) is 5.75 Å². The number of pyridine rings is 1. The smallest absolute Gasteiger partial charge is 0.415 e. The third kappa shape index (κ3) is 6.26. The van der Waals surface area contributed by atoms with Crippen molar-refractivity contribution in [1.29, 1.82) is 0 Å². The minimum Gasteiger partial charge on any atom is -0.508 e. The molecule has 1 saturated heterocycles. The molecule has 2 amide bonds. The van der Waals surface area contributed by atoms with Gasteiger partial charge in [0.2, 0.25) is 0 Å². The summed E-state index contributed by atoms with van der Waals surface area (Å²) in [6, 6.07) is 6.82. The minimum atomic E-state index is -0.538. The second kappa shape index (κ2) is 11.6. The van der Waals surface area contributed by atoms with Crippen molar-refractivity contribution in [2.75, 3.05) is 26.8 Å². The quantitative estimate of drug-likeness (QED) is 0.533. The Morgan fingerprint density at radius 3 is 2.53 bits per heavy atom. The summed E-state index contributed by atoms with van der Waals surface area (Å²) in [4.78, 5) is 42.9. The van der Waals surface area contributed by atoms with E-state index >= 15 is 0 Å². The molecule has 1 aromatic heterocycles.